The molecule has 0 bridgehead atoms. The number of likely N-dealkylation sites (tertiary alicyclic amines) is 1. The highest BCUT2D eigenvalue weighted by Gasteiger charge is 2.21. The second kappa shape index (κ2) is 8.02. The van der Waals surface area contributed by atoms with Crippen molar-refractivity contribution in [2.75, 3.05) is 19.7 Å². The normalized spacial score (nSPS) is 15.0. The van der Waals surface area contributed by atoms with Gasteiger partial charge in [-0.3, -0.25) is 14.2 Å². The molecule has 0 unspecified atom stereocenters. The van der Waals surface area contributed by atoms with Crippen LogP contribution in [0.5, 0.6) is 5.75 Å². The summed E-state index contributed by atoms with van der Waals surface area (Å²) in [6.07, 6.45) is 3.38. The minimum Gasteiger partial charge on any atom is -0.494 e. The molecule has 1 aromatic carbocycles. The van der Waals surface area contributed by atoms with Gasteiger partial charge in [0, 0.05) is 13.1 Å². The van der Waals surface area contributed by atoms with Crippen LogP contribution in [0.25, 0.3) is 16.9 Å². The molecule has 1 aliphatic rings. The molecule has 0 radical (unpaired) electrons. The lowest BCUT2D eigenvalue weighted by Gasteiger charge is -2.30. The first kappa shape index (κ1) is 19.1. The van der Waals surface area contributed by atoms with Crippen molar-refractivity contribution >= 4 is 17.1 Å². The van der Waals surface area contributed by atoms with Gasteiger partial charge in [-0.2, -0.15) is 4.68 Å². The number of amides is 1. The number of hydrogen-bond acceptors (Lipinski definition) is 6. The molecule has 3 heterocycles. The molecule has 0 N–H and O–H groups in total. The molecule has 29 heavy (non-hydrogen) atoms. The quantitative estimate of drug-likeness (QED) is 0.651. The van der Waals surface area contributed by atoms with Gasteiger partial charge in [-0.25, -0.2) is 4.98 Å². The van der Waals surface area contributed by atoms with E-state index >= 15 is 0 Å². The van der Waals surface area contributed by atoms with Crippen LogP contribution in [-0.2, 0) is 11.3 Å². The highest BCUT2D eigenvalue weighted by molar-refractivity contribution is 5.77. The van der Waals surface area contributed by atoms with Crippen LogP contribution < -0.4 is 10.3 Å². The lowest BCUT2D eigenvalue weighted by atomic mass is 9.99. The first-order chi connectivity index (χ1) is 14.1. The number of nitrogens with zero attached hydrogens (tertiary/aromatic N) is 6. The second-order valence-electron chi connectivity index (χ2n) is 7.34. The lowest BCUT2D eigenvalue weighted by Crippen LogP contribution is -2.41. The van der Waals surface area contributed by atoms with Crippen LogP contribution in [0, 0.1) is 5.92 Å². The number of fused-ring (bicyclic) bond motifs is 1. The summed E-state index contributed by atoms with van der Waals surface area (Å²) in [4.78, 5) is 31.5. The topological polar surface area (TPSA) is 95.1 Å². The van der Waals surface area contributed by atoms with Crippen LogP contribution in [0.15, 0.2) is 35.4 Å². The first-order valence-corrected chi connectivity index (χ1v) is 9.88. The minimum absolute atomic E-state index is 0.0356. The maximum absolute atomic E-state index is 12.8. The monoisotopic (exact) mass is 396 g/mol. The summed E-state index contributed by atoms with van der Waals surface area (Å²) in [7, 11) is 0. The van der Waals surface area contributed by atoms with E-state index < -0.39 is 0 Å². The van der Waals surface area contributed by atoms with Crippen LogP contribution in [0.3, 0.4) is 0 Å². The minimum atomic E-state index is -0.370. The Bertz CT molecular complexity index is 1060. The molecule has 0 spiro atoms. The third-order valence-electron chi connectivity index (χ3n) is 5.26. The molecule has 0 aliphatic carbocycles. The van der Waals surface area contributed by atoms with Gasteiger partial charge in [0.15, 0.2) is 11.2 Å². The van der Waals surface area contributed by atoms with Crippen LogP contribution in [0.4, 0.5) is 0 Å². The van der Waals surface area contributed by atoms with Crippen molar-refractivity contribution in [2.45, 2.75) is 33.2 Å². The fraction of sp³-hybridized carbons (Fsp3) is 0.450. The molecule has 9 heteroatoms. The predicted molar refractivity (Wildman–Crippen MR) is 107 cm³/mol. The molecule has 1 fully saturated rings. The summed E-state index contributed by atoms with van der Waals surface area (Å²) in [6, 6.07) is 7.30. The van der Waals surface area contributed by atoms with Gasteiger partial charge in [0.25, 0.3) is 5.56 Å². The number of ether oxygens (including phenoxy) is 1. The molecule has 1 aliphatic heterocycles. The molecule has 9 nitrogen and oxygen atoms in total. The molecule has 1 saturated heterocycles. The number of benzene rings is 1. The van der Waals surface area contributed by atoms with Crippen LogP contribution in [0.2, 0.25) is 0 Å². The molecule has 4 rings (SSSR count). The average molecular weight is 396 g/mol. The molecule has 0 atom stereocenters. The standard InChI is InChI=1S/C20H24N6O3/c1-3-29-16-6-4-15(5-7-16)26-19-18(22-23-26)20(28)25(13-21-19)12-17(27)24-10-8-14(2)9-11-24/h4-7,13-14H,3,8-12H2,1-2H3. The predicted octanol–water partition coefficient (Wildman–Crippen LogP) is 1.63. The maximum Gasteiger partial charge on any atom is 0.284 e. The average Bonchev–Trinajstić information content (AvgIpc) is 3.16. The zero-order chi connectivity index (χ0) is 20.4. The zero-order valence-electron chi connectivity index (χ0n) is 16.6. The van der Waals surface area contributed by atoms with Crippen molar-refractivity contribution in [2.24, 2.45) is 5.92 Å². The number of aromatic nitrogens is 5. The van der Waals surface area contributed by atoms with E-state index in [9.17, 15) is 9.59 Å². The molecule has 3 aromatic rings. The Kier molecular flexibility index (Phi) is 5.28. The van der Waals surface area contributed by atoms with Crippen LogP contribution in [-0.4, -0.2) is 55.0 Å². The highest BCUT2D eigenvalue weighted by Crippen LogP contribution is 2.18. The van der Waals surface area contributed by atoms with Crippen LogP contribution >= 0.6 is 0 Å². The molecular formula is C20H24N6O3. The Balaban J connectivity index is 1.57. The van der Waals surface area contributed by atoms with E-state index in [4.69, 9.17) is 4.74 Å². The van der Waals surface area contributed by atoms with Crippen molar-refractivity contribution in [1.29, 1.82) is 0 Å². The Morgan fingerprint density at radius 1 is 1.21 bits per heavy atom. The van der Waals surface area contributed by atoms with E-state index in [0.29, 0.717) is 18.2 Å². The van der Waals surface area contributed by atoms with Crippen LogP contribution in [0.1, 0.15) is 26.7 Å². The molecular weight excluding hydrogens is 372 g/mol. The summed E-state index contributed by atoms with van der Waals surface area (Å²) >= 11 is 0. The molecule has 2 aromatic heterocycles. The Morgan fingerprint density at radius 3 is 2.62 bits per heavy atom. The van der Waals surface area contributed by atoms with E-state index in [1.54, 1.807) is 0 Å². The van der Waals surface area contributed by atoms with E-state index in [1.165, 1.54) is 15.6 Å². The summed E-state index contributed by atoms with van der Waals surface area (Å²) in [5.41, 5.74) is 0.848. The Morgan fingerprint density at radius 2 is 1.93 bits per heavy atom. The van der Waals surface area contributed by atoms with Crippen molar-refractivity contribution < 1.29 is 9.53 Å². The number of rotatable bonds is 5. The third kappa shape index (κ3) is 3.85. The third-order valence-corrected chi connectivity index (χ3v) is 5.26. The molecule has 0 saturated carbocycles. The smallest absolute Gasteiger partial charge is 0.284 e. The number of carbonyl (C=O) groups excluding carboxylic acids is 1. The SMILES string of the molecule is CCOc1ccc(-n2nnc3c(=O)n(CC(=O)N4CCC(C)CC4)cnc32)cc1. The van der Waals surface area contributed by atoms with Gasteiger partial charge in [0.1, 0.15) is 18.6 Å². The van der Waals surface area contributed by atoms with Gasteiger partial charge in [-0.15, -0.1) is 5.10 Å². The fourth-order valence-corrected chi connectivity index (χ4v) is 3.48. The van der Waals surface area contributed by atoms with Crippen molar-refractivity contribution in [3.05, 3.63) is 40.9 Å². The maximum atomic E-state index is 12.8. The van der Waals surface area contributed by atoms with E-state index in [0.717, 1.165) is 37.4 Å². The van der Waals surface area contributed by atoms with E-state index in [1.807, 2.05) is 36.1 Å². The van der Waals surface area contributed by atoms with Crippen molar-refractivity contribution in [3.8, 4) is 11.4 Å². The second-order valence-corrected chi connectivity index (χ2v) is 7.34. The number of hydrogen-bond donors (Lipinski definition) is 0. The fourth-order valence-electron chi connectivity index (χ4n) is 3.48. The summed E-state index contributed by atoms with van der Waals surface area (Å²) in [5.74, 6) is 1.32. The van der Waals surface area contributed by atoms with Gasteiger partial charge in [-0.05, 0) is 49.9 Å². The van der Waals surface area contributed by atoms with Gasteiger partial charge >= 0.3 is 0 Å². The van der Waals surface area contributed by atoms with E-state index in [-0.39, 0.29) is 23.5 Å². The number of piperidine rings is 1. The summed E-state index contributed by atoms with van der Waals surface area (Å²) < 4.78 is 8.25. The van der Waals surface area contributed by atoms with Crippen molar-refractivity contribution in [1.82, 2.24) is 29.4 Å². The van der Waals surface area contributed by atoms with E-state index in [2.05, 4.69) is 22.2 Å². The number of carbonyl (C=O) groups is 1. The summed E-state index contributed by atoms with van der Waals surface area (Å²) in [6.45, 7) is 6.13. The Hall–Kier alpha value is -3.23. The van der Waals surface area contributed by atoms with Crippen molar-refractivity contribution in [3.63, 3.8) is 0 Å². The first-order valence-electron chi connectivity index (χ1n) is 9.88. The Labute approximate surface area is 167 Å². The van der Waals surface area contributed by atoms with Gasteiger partial charge in [0.05, 0.1) is 12.3 Å². The molecule has 152 valence electrons. The largest absolute Gasteiger partial charge is 0.494 e. The lowest BCUT2D eigenvalue weighted by molar-refractivity contribution is -0.133. The van der Waals surface area contributed by atoms with Gasteiger partial charge in [-0.1, -0.05) is 12.1 Å². The van der Waals surface area contributed by atoms with Gasteiger partial charge < -0.3 is 9.64 Å². The highest BCUT2D eigenvalue weighted by atomic mass is 16.5. The zero-order valence-corrected chi connectivity index (χ0v) is 16.6. The van der Waals surface area contributed by atoms with Gasteiger partial charge in [0.2, 0.25) is 5.91 Å². The molecule has 1 amide bonds. The summed E-state index contributed by atoms with van der Waals surface area (Å²) in [5, 5.41) is 8.08.